The van der Waals surface area contributed by atoms with Crippen molar-refractivity contribution in [1.82, 2.24) is 24.6 Å². The molecule has 3 heterocycles. The third-order valence-corrected chi connectivity index (χ3v) is 7.87. The highest BCUT2D eigenvalue weighted by Gasteiger charge is 2.49. The van der Waals surface area contributed by atoms with Crippen LogP contribution in [0.5, 0.6) is 0 Å². The second kappa shape index (κ2) is 10.1. The molecule has 196 valence electrons. The molecule has 0 radical (unpaired) electrons. The zero-order valence-electron chi connectivity index (χ0n) is 19.2. The van der Waals surface area contributed by atoms with Gasteiger partial charge < -0.3 is 5.32 Å². The van der Waals surface area contributed by atoms with Gasteiger partial charge in [-0.1, -0.05) is 0 Å². The highest BCUT2D eigenvalue weighted by Crippen LogP contribution is 2.33. The number of carbonyl (C=O) groups is 1. The number of alkyl halides is 4. The molecule has 1 amide bonds. The number of sulfonamides is 1. The monoisotopic (exact) mass is 541 g/mol. The molecule has 14 heteroatoms. The predicted molar refractivity (Wildman–Crippen MR) is 120 cm³/mol. The molecule has 0 spiro atoms. The standard InChI is InChI=1S/C23H20F5N5O3S/c1-13-18(25)9-20(33(13)37(35,36)17-4-2-16(24)3-5-17)21(34)30-10-14-6-7-29-19(8-14)15-11-31-22(32-12-15)23(26,27)28/h2-8,11-13,18,20H,9-10H2,1H3,(H,30,34). The van der Waals surface area contributed by atoms with Crippen LogP contribution in [0.2, 0.25) is 0 Å². The molecule has 8 nitrogen and oxygen atoms in total. The van der Waals surface area contributed by atoms with E-state index in [4.69, 9.17) is 0 Å². The van der Waals surface area contributed by atoms with Crippen LogP contribution in [0.1, 0.15) is 24.7 Å². The molecule has 0 aliphatic carbocycles. The van der Waals surface area contributed by atoms with Gasteiger partial charge in [0.1, 0.15) is 18.0 Å². The van der Waals surface area contributed by atoms with Crippen LogP contribution in [0, 0.1) is 5.82 Å². The van der Waals surface area contributed by atoms with Gasteiger partial charge in [0.15, 0.2) is 0 Å². The van der Waals surface area contributed by atoms with E-state index in [0.29, 0.717) is 5.56 Å². The summed E-state index contributed by atoms with van der Waals surface area (Å²) < 4.78 is 93.0. The first kappa shape index (κ1) is 26.5. The molecule has 1 N–H and O–H groups in total. The Bertz CT molecular complexity index is 1390. The summed E-state index contributed by atoms with van der Waals surface area (Å²) >= 11 is 0. The zero-order chi connectivity index (χ0) is 27.0. The summed E-state index contributed by atoms with van der Waals surface area (Å²) in [6, 6.07) is 4.56. The molecular formula is C23H20F5N5O3S. The minimum Gasteiger partial charge on any atom is -0.351 e. The average molecular weight is 542 g/mol. The number of carbonyl (C=O) groups excluding carboxylic acids is 1. The van der Waals surface area contributed by atoms with E-state index in [0.717, 1.165) is 41.0 Å². The minimum atomic E-state index is -4.69. The summed E-state index contributed by atoms with van der Waals surface area (Å²) in [7, 11) is -4.31. The first-order valence-corrected chi connectivity index (χ1v) is 12.4. The van der Waals surface area contributed by atoms with Gasteiger partial charge in [0.25, 0.3) is 0 Å². The van der Waals surface area contributed by atoms with Gasteiger partial charge in [-0.15, -0.1) is 0 Å². The van der Waals surface area contributed by atoms with E-state index in [1.165, 1.54) is 25.3 Å². The van der Waals surface area contributed by atoms with Crippen LogP contribution in [0.4, 0.5) is 22.0 Å². The number of aromatic nitrogens is 3. The number of amides is 1. The minimum absolute atomic E-state index is 0.0951. The summed E-state index contributed by atoms with van der Waals surface area (Å²) in [5.74, 6) is -2.68. The summed E-state index contributed by atoms with van der Waals surface area (Å²) in [5, 5.41) is 2.57. The molecule has 37 heavy (non-hydrogen) atoms. The predicted octanol–water partition coefficient (Wildman–Crippen LogP) is 3.50. The van der Waals surface area contributed by atoms with Gasteiger partial charge in [-0.3, -0.25) is 9.78 Å². The van der Waals surface area contributed by atoms with Crippen molar-refractivity contribution in [2.45, 2.75) is 49.2 Å². The number of benzene rings is 1. The molecule has 1 aromatic carbocycles. The first-order valence-electron chi connectivity index (χ1n) is 10.9. The fraction of sp³-hybridized carbons (Fsp3) is 0.304. The highest BCUT2D eigenvalue weighted by molar-refractivity contribution is 7.89. The number of hydrogen-bond acceptors (Lipinski definition) is 6. The van der Waals surface area contributed by atoms with E-state index in [9.17, 15) is 35.2 Å². The zero-order valence-corrected chi connectivity index (χ0v) is 20.0. The van der Waals surface area contributed by atoms with Crippen LogP contribution >= 0.6 is 0 Å². The van der Waals surface area contributed by atoms with Gasteiger partial charge >= 0.3 is 6.18 Å². The second-order valence-electron chi connectivity index (χ2n) is 8.36. The van der Waals surface area contributed by atoms with Gasteiger partial charge in [-0.05, 0) is 48.9 Å². The number of nitrogens with one attached hydrogen (secondary N) is 1. The van der Waals surface area contributed by atoms with Crippen molar-refractivity contribution >= 4 is 15.9 Å². The maximum Gasteiger partial charge on any atom is 0.451 e. The Hall–Kier alpha value is -3.52. The van der Waals surface area contributed by atoms with Crippen LogP contribution in [-0.2, 0) is 27.5 Å². The van der Waals surface area contributed by atoms with Gasteiger partial charge in [0.2, 0.25) is 21.8 Å². The second-order valence-corrected chi connectivity index (χ2v) is 10.2. The summed E-state index contributed by atoms with van der Waals surface area (Å²) in [4.78, 5) is 23.3. The summed E-state index contributed by atoms with van der Waals surface area (Å²) in [6.45, 7) is 1.25. The lowest BCUT2D eigenvalue weighted by Crippen LogP contribution is -2.48. The van der Waals surface area contributed by atoms with Gasteiger partial charge in [-0.25, -0.2) is 27.2 Å². The Labute approximate surface area is 208 Å². The molecule has 3 unspecified atom stereocenters. The number of hydrogen-bond donors (Lipinski definition) is 1. The molecule has 1 saturated heterocycles. The summed E-state index contributed by atoms with van der Waals surface area (Å²) in [6.07, 6.45) is -3.34. The molecule has 0 bridgehead atoms. The molecule has 0 saturated carbocycles. The smallest absolute Gasteiger partial charge is 0.351 e. The van der Waals surface area contributed by atoms with Crippen molar-refractivity contribution in [3.63, 3.8) is 0 Å². The molecule has 4 rings (SSSR count). The van der Waals surface area contributed by atoms with Crippen molar-refractivity contribution in [3.05, 3.63) is 72.2 Å². The first-order chi connectivity index (χ1) is 17.4. The quantitative estimate of drug-likeness (QED) is 0.479. The Morgan fingerprint density at radius 1 is 1.11 bits per heavy atom. The maximum atomic E-state index is 14.6. The molecule has 1 fully saturated rings. The van der Waals surface area contributed by atoms with Crippen molar-refractivity contribution in [1.29, 1.82) is 0 Å². The number of rotatable bonds is 6. The topological polar surface area (TPSA) is 105 Å². The molecule has 2 aromatic heterocycles. The Morgan fingerprint density at radius 3 is 2.38 bits per heavy atom. The van der Waals surface area contributed by atoms with E-state index >= 15 is 0 Å². The van der Waals surface area contributed by atoms with Crippen LogP contribution in [-0.4, -0.2) is 51.8 Å². The Morgan fingerprint density at radius 2 is 1.76 bits per heavy atom. The van der Waals surface area contributed by atoms with E-state index < -0.39 is 52.0 Å². The van der Waals surface area contributed by atoms with Crippen molar-refractivity contribution in [2.24, 2.45) is 0 Å². The third-order valence-electron chi connectivity index (χ3n) is 5.86. The number of nitrogens with zero attached hydrogens (tertiary/aromatic N) is 4. The fourth-order valence-electron chi connectivity index (χ4n) is 3.95. The lowest BCUT2D eigenvalue weighted by Gasteiger charge is -2.26. The number of halogens is 5. The van der Waals surface area contributed by atoms with Crippen LogP contribution in [0.3, 0.4) is 0 Å². The SMILES string of the molecule is CC1C(F)CC(C(=O)NCc2ccnc(-c3cnc(C(F)(F)F)nc3)c2)N1S(=O)(=O)c1ccc(F)cc1. The van der Waals surface area contributed by atoms with Crippen molar-refractivity contribution in [3.8, 4) is 11.3 Å². The average Bonchev–Trinajstić information content (AvgIpc) is 3.17. The molecule has 3 atom stereocenters. The normalized spacial score (nSPS) is 20.6. The van der Waals surface area contributed by atoms with Crippen molar-refractivity contribution in [2.75, 3.05) is 0 Å². The van der Waals surface area contributed by atoms with Crippen molar-refractivity contribution < 1.29 is 35.2 Å². The Balaban J connectivity index is 1.49. The molecule has 1 aliphatic heterocycles. The Kier molecular flexibility index (Phi) is 7.24. The van der Waals surface area contributed by atoms with E-state index in [1.54, 1.807) is 0 Å². The molecule has 3 aromatic rings. The van der Waals surface area contributed by atoms with Crippen LogP contribution < -0.4 is 5.32 Å². The lowest BCUT2D eigenvalue weighted by molar-refractivity contribution is -0.145. The highest BCUT2D eigenvalue weighted by atomic mass is 32.2. The summed E-state index contributed by atoms with van der Waals surface area (Å²) in [5.41, 5.74) is 0.955. The lowest BCUT2D eigenvalue weighted by atomic mass is 10.1. The van der Waals surface area contributed by atoms with Gasteiger partial charge in [-0.2, -0.15) is 17.5 Å². The van der Waals surface area contributed by atoms with Gasteiger partial charge in [0, 0.05) is 37.1 Å². The van der Waals surface area contributed by atoms with E-state index in [2.05, 4.69) is 20.3 Å². The third kappa shape index (κ3) is 5.59. The molecular weight excluding hydrogens is 521 g/mol. The van der Waals surface area contributed by atoms with E-state index in [1.807, 2.05) is 0 Å². The van der Waals surface area contributed by atoms with Crippen LogP contribution in [0.15, 0.2) is 59.9 Å². The number of pyridine rings is 1. The van der Waals surface area contributed by atoms with Gasteiger partial charge in [0.05, 0.1) is 16.6 Å². The maximum absolute atomic E-state index is 14.6. The largest absolute Gasteiger partial charge is 0.451 e. The van der Waals surface area contributed by atoms with Crippen LogP contribution in [0.25, 0.3) is 11.3 Å². The molecule has 1 aliphatic rings. The van der Waals surface area contributed by atoms with E-state index in [-0.39, 0.29) is 29.1 Å². The fourth-order valence-corrected chi connectivity index (χ4v) is 5.76.